The summed E-state index contributed by atoms with van der Waals surface area (Å²) in [5.41, 5.74) is 0.513. The Morgan fingerprint density at radius 3 is 2.31 bits per heavy atom. The Labute approximate surface area is 206 Å². The van der Waals surface area contributed by atoms with E-state index < -0.39 is 5.56 Å². The van der Waals surface area contributed by atoms with Crippen molar-refractivity contribution >= 4 is 35.2 Å². The van der Waals surface area contributed by atoms with Gasteiger partial charge in [-0.25, -0.2) is 4.39 Å². The SMILES string of the molecule is CCC(C)NC(=O)Cn1c(=CC(=O)c2cc(OC)cc(OC)c2)sc(=Cc2ccc(F)cc2)c1=O. The summed E-state index contributed by atoms with van der Waals surface area (Å²) >= 11 is 1.08. The van der Waals surface area contributed by atoms with Crippen LogP contribution in [0.1, 0.15) is 36.2 Å². The Bertz CT molecular complexity index is 1370. The predicted molar refractivity (Wildman–Crippen MR) is 134 cm³/mol. The summed E-state index contributed by atoms with van der Waals surface area (Å²) in [6.45, 7) is 3.57. The molecule has 35 heavy (non-hydrogen) atoms. The quantitative estimate of drug-likeness (QED) is 0.458. The fourth-order valence-electron chi connectivity index (χ4n) is 3.21. The Kier molecular flexibility index (Phi) is 8.59. The van der Waals surface area contributed by atoms with Crippen molar-refractivity contribution in [3.8, 4) is 11.5 Å². The van der Waals surface area contributed by atoms with Gasteiger partial charge in [-0.2, -0.15) is 0 Å². The lowest BCUT2D eigenvalue weighted by molar-refractivity contribution is -0.122. The Balaban J connectivity index is 2.11. The minimum Gasteiger partial charge on any atom is -0.497 e. The lowest BCUT2D eigenvalue weighted by Crippen LogP contribution is -2.40. The van der Waals surface area contributed by atoms with Gasteiger partial charge >= 0.3 is 0 Å². The second-order valence-corrected chi connectivity index (χ2v) is 8.94. The molecular weight excluding hydrogens is 471 g/mol. The van der Waals surface area contributed by atoms with Gasteiger partial charge in [0.25, 0.3) is 5.56 Å². The van der Waals surface area contributed by atoms with Gasteiger partial charge < -0.3 is 14.8 Å². The second-order valence-electron chi connectivity index (χ2n) is 7.88. The van der Waals surface area contributed by atoms with Gasteiger partial charge in [0.1, 0.15) is 28.5 Å². The van der Waals surface area contributed by atoms with E-state index >= 15 is 0 Å². The van der Waals surface area contributed by atoms with E-state index in [9.17, 15) is 18.8 Å². The molecule has 0 aliphatic rings. The molecule has 3 aromatic rings. The van der Waals surface area contributed by atoms with Crippen LogP contribution >= 0.6 is 11.3 Å². The van der Waals surface area contributed by atoms with E-state index in [0.717, 1.165) is 17.8 Å². The zero-order valence-electron chi connectivity index (χ0n) is 20.0. The number of ether oxygens (including phenoxy) is 2. The third kappa shape index (κ3) is 6.66. The van der Waals surface area contributed by atoms with Crippen molar-refractivity contribution in [3.05, 3.63) is 79.0 Å². The number of hydrogen-bond donors (Lipinski definition) is 1. The third-order valence-corrected chi connectivity index (χ3v) is 6.38. The third-order valence-electron chi connectivity index (χ3n) is 5.32. The maximum atomic E-state index is 13.3. The van der Waals surface area contributed by atoms with Crippen LogP contribution in [0.25, 0.3) is 12.2 Å². The van der Waals surface area contributed by atoms with E-state index in [1.165, 1.54) is 37.0 Å². The van der Waals surface area contributed by atoms with Crippen LogP contribution in [0.4, 0.5) is 4.39 Å². The van der Waals surface area contributed by atoms with Crippen LogP contribution in [-0.4, -0.2) is 36.5 Å². The normalized spacial score (nSPS) is 12.9. The first-order chi connectivity index (χ1) is 16.7. The van der Waals surface area contributed by atoms with Crippen molar-refractivity contribution in [3.63, 3.8) is 0 Å². The molecule has 0 spiro atoms. The van der Waals surface area contributed by atoms with E-state index in [-0.39, 0.29) is 30.1 Å². The fraction of sp³-hybridized carbons (Fsp3) is 0.269. The van der Waals surface area contributed by atoms with Gasteiger partial charge in [0.05, 0.1) is 18.8 Å². The van der Waals surface area contributed by atoms with Gasteiger partial charge in [0.2, 0.25) is 5.91 Å². The summed E-state index contributed by atoms with van der Waals surface area (Å²) in [6, 6.07) is 10.4. The molecule has 1 aromatic heterocycles. The molecule has 1 heterocycles. The number of thiazole rings is 1. The first-order valence-electron chi connectivity index (χ1n) is 11.0. The number of Topliss-reactive ketones (excluding diaryl/α,β-unsaturated/α-hetero) is 1. The Morgan fingerprint density at radius 1 is 1.11 bits per heavy atom. The number of hydrogen-bond acceptors (Lipinski definition) is 6. The van der Waals surface area contributed by atoms with Gasteiger partial charge in [-0.3, -0.25) is 19.0 Å². The molecule has 7 nitrogen and oxygen atoms in total. The van der Waals surface area contributed by atoms with Crippen molar-refractivity contribution in [1.29, 1.82) is 0 Å². The van der Waals surface area contributed by atoms with Crippen molar-refractivity contribution < 1.29 is 23.5 Å². The number of nitrogens with one attached hydrogen (secondary N) is 1. The average Bonchev–Trinajstić information content (AvgIpc) is 3.13. The first-order valence-corrected chi connectivity index (χ1v) is 11.8. The molecule has 3 rings (SSSR count). The molecule has 2 aromatic carbocycles. The maximum Gasteiger partial charge on any atom is 0.269 e. The molecule has 0 aliphatic heterocycles. The Morgan fingerprint density at radius 2 is 1.74 bits per heavy atom. The maximum absolute atomic E-state index is 13.3. The van der Waals surface area contributed by atoms with Gasteiger partial charge in [0, 0.05) is 23.7 Å². The molecule has 9 heteroatoms. The lowest BCUT2D eigenvalue weighted by atomic mass is 10.1. The van der Waals surface area contributed by atoms with Crippen molar-refractivity contribution in [2.24, 2.45) is 0 Å². The largest absolute Gasteiger partial charge is 0.497 e. The van der Waals surface area contributed by atoms with Crippen molar-refractivity contribution in [2.75, 3.05) is 14.2 Å². The zero-order valence-corrected chi connectivity index (χ0v) is 20.8. The minimum absolute atomic E-state index is 0.0552. The number of methoxy groups -OCH3 is 2. The number of carbonyl (C=O) groups is 2. The number of ketones is 1. The van der Waals surface area contributed by atoms with Crippen molar-refractivity contribution in [1.82, 2.24) is 9.88 Å². The van der Waals surface area contributed by atoms with Crippen LogP contribution < -0.4 is 29.5 Å². The van der Waals surface area contributed by atoms with Gasteiger partial charge in [-0.05, 0) is 49.2 Å². The monoisotopic (exact) mass is 498 g/mol. The Hall–Kier alpha value is -3.72. The highest BCUT2D eigenvalue weighted by molar-refractivity contribution is 7.07. The molecule has 1 unspecified atom stereocenters. The highest BCUT2D eigenvalue weighted by atomic mass is 32.1. The smallest absolute Gasteiger partial charge is 0.269 e. The number of amides is 1. The summed E-state index contributed by atoms with van der Waals surface area (Å²) in [5.74, 6) is -0.211. The minimum atomic E-state index is -0.416. The molecule has 1 atom stereocenters. The second kappa shape index (κ2) is 11.6. The van der Waals surface area contributed by atoms with E-state index in [0.29, 0.717) is 31.8 Å². The van der Waals surface area contributed by atoms with Crippen LogP contribution in [0.5, 0.6) is 11.5 Å². The molecule has 0 fully saturated rings. The van der Waals surface area contributed by atoms with Gasteiger partial charge in [0.15, 0.2) is 5.78 Å². The van der Waals surface area contributed by atoms with Crippen LogP contribution in [-0.2, 0) is 11.3 Å². The van der Waals surface area contributed by atoms with Crippen LogP contribution in [0.15, 0.2) is 47.3 Å². The van der Waals surface area contributed by atoms with E-state index in [1.807, 2.05) is 13.8 Å². The number of carbonyl (C=O) groups excluding carboxylic acids is 2. The van der Waals surface area contributed by atoms with Crippen LogP contribution in [0.3, 0.4) is 0 Å². The number of benzene rings is 2. The highest BCUT2D eigenvalue weighted by Crippen LogP contribution is 2.23. The topological polar surface area (TPSA) is 86.6 Å². The predicted octanol–water partition coefficient (Wildman–Crippen LogP) is 2.47. The summed E-state index contributed by atoms with van der Waals surface area (Å²) in [6.07, 6.45) is 3.66. The number of rotatable bonds is 9. The summed E-state index contributed by atoms with van der Waals surface area (Å²) in [4.78, 5) is 38.9. The van der Waals surface area contributed by atoms with Gasteiger partial charge in [-0.15, -0.1) is 11.3 Å². The molecule has 0 aliphatic carbocycles. The molecule has 0 radical (unpaired) electrons. The van der Waals surface area contributed by atoms with Gasteiger partial charge in [-0.1, -0.05) is 19.1 Å². The standard InChI is InChI=1S/C26H27FN2O5S/c1-5-16(2)28-24(31)15-29-25(14-22(30)18-11-20(33-3)13-21(12-18)34-4)35-23(26(29)32)10-17-6-8-19(27)9-7-17/h6-14,16H,5,15H2,1-4H3,(H,28,31). The first kappa shape index (κ1) is 25.9. The molecule has 0 saturated carbocycles. The summed E-state index contributed by atoms with van der Waals surface area (Å²) in [5, 5.41) is 2.84. The van der Waals surface area contributed by atoms with Crippen LogP contribution in [0.2, 0.25) is 0 Å². The molecule has 0 bridgehead atoms. The number of nitrogens with zero attached hydrogens (tertiary/aromatic N) is 1. The summed E-state index contributed by atoms with van der Waals surface area (Å²) < 4.78 is 25.7. The number of aromatic nitrogens is 1. The molecular formula is C26H27FN2O5S. The highest BCUT2D eigenvalue weighted by Gasteiger charge is 2.14. The number of halogens is 1. The van der Waals surface area contributed by atoms with Crippen molar-refractivity contribution in [2.45, 2.75) is 32.9 Å². The average molecular weight is 499 g/mol. The van der Waals surface area contributed by atoms with E-state index in [4.69, 9.17) is 9.47 Å². The molecule has 1 N–H and O–H groups in total. The molecule has 184 valence electrons. The lowest BCUT2D eigenvalue weighted by Gasteiger charge is -2.11. The molecule has 1 amide bonds. The van der Waals surface area contributed by atoms with E-state index in [1.54, 1.807) is 36.4 Å². The van der Waals surface area contributed by atoms with E-state index in [2.05, 4.69) is 5.32 Å². The van der Waals surface area contributed by atoms with Crippen LogP contribution in [0, 0.1) is 5.82 Å². The fourth-order valence-corrected chi connectivity index (χ4v) is 4.26. The molecule has 0 saturated heterocycles. The zero-order chi connectivity index (χ0) is 25.5. The summed E-state index contributed by atoms with van der Waals surface area (Å²) in [7, 11) is 2.97.